The minimum Gasteiger partial charge on any atom is -0.356 e. The lowest BCUT2D eigenvalue weighted by Crippen LogP contribution is -2.28. The molecule has 0 amide bonds. The quantitative estimate of drug-likeness (QED) is 0.519. The second-order valence-electron chi connectivity index (χ2n) is 6.20. The topological polar surface area (TPSA) is 33.1 Å². The van der Waals surface area contributed by atoms with Crippen molar-refractivity contribution in [2.24, 2.45) is 0 Å². The molecule has 0 unspecified atom stereocenters. The van der Waals surface area contributed by atoms with E-state index in [-0.39, 0.29) is 5.54 Å². The van der Waals surface area contributed by atoms with Gasteiger partial charge >= 0.3 is 0 Å². The van der Waals surface area contributed by atoms with Crippen molar-refractivity contribution in [2.75, 3.05) is 11.9 Å². The molecule has 0 fully saturated rings. The average molecular weight is 389 g/mol. The molecule has 23 heavy (non-hydrogen) atoms. The first-order valence-electron chi connectivity index (χ1n) is 7.20. The zero-order chi connectivity index (χ0) is 17.0. The average Bonchev–Trinajstić information content (AvgIpc) is 2.95. The number of thiophene rings is 1. The monoisotopic (exact) mass is 388 g/mol. The molecule has 0 saturated carbocycles. The van der Waals surface area contributed by atoms with Gasteiger partial charge in [-0.3, -0.25) is 4.90 Å². The fraction of sp³-hybridized carbons (Fsp3) is 0.467. The Morgan fingerprint density at radius 2 is 2.17 bits per heavy atom. The zero-order valence-corrected chi connectivity index (χ0v) is 16.7. The van der Waals surface area contributed by atoms with Crippen molar-refractivity contribution in [2.45, 2.75) is 39.5 Å². The van der Waals surface area contributed by atoms with Gasteiger partial charge in [0.05, 0.1) is 11.0 Å². The molecule has 126 valence electrons. The molecule has 0 aliphatic rings. The summed E-state index contributed by atoms with van der Waals surface area (Å²) >= 11 is 14.5. The molecule has 0 atom stereocenters. The molecule has 1 N–H and O–H groups in total. The van der Waals surface area contributed by atoms with Crippen molar-refractivity contribution in [3.63, 3.8) is 0 Å². The fourth-order valence-electron chi connectivity index (χ4n) is 1.97. The van der Waals surface area contributed by atoms with Gasteiger partial charge in [-0.05, 0) is 45.1 Å². The molecule has 4 nitrogen and oxygen atoms in total. The van der Waals surface area contributed by atoms with Gasteiger partial charge in [-0.1, -0.05) is 29.0 Å². The van der Waals surface area contributed by atoms with Crippen LogP contribution in [0.25, 0.3) is 0 Å². The van der Waals surface area contributed by atoms with E-state index in [4.69, 9.17) is 23.8 Å². The first kappa shape index (κ1) is 18.6. The number of rotatable bonds is 7. The summed E-state index contributed by atoms with van der Waals surface area (Å²) in [6.07, 6.45) is 1.89. The summed E-state index contributed by atoms with van der Waals surface area (Å²) in [5, 5.41) is 8.80. The van der Waals surface area contributed by atoms with Gasteiger partial charge in [-0.2, -0.15) is 0 Å². The third-order valence-corrected chi connectivity index (χ3v) is 5.26. The van der Waals surface area contributed by atoms with E-state index in [2.05, 4.69) is 48.7 Å². The van der Waals surface area contributed by atoms with Crippen LogP contribution in [-0.4, -0.2) is 26.8 Å². The Hall–Kier alpha value is -0.730. The predicted octanol–water partition coefficient (Wildman–Crippen LogP) is 5.25. The van der Waals surface area contributed by atoms with E-state index in [1.807, 2.05) is 16.8 Å². The number of hydrogen-bond acceptors (Lipinski definition) is 6. The van der Waals surface area contributed by atoms with Crippen molar-refractivity contribution < 1.29 is 0 Å². The van der Waals surface area contributed by atoms with Crippen LogP contribution in [0.5, 0.6) is 0 Å². The maximum Gasteiger partial charge on any atom is 0.205 e. The third-order valence-electron chi connectivity index (χ3n) is 2.82. The predicted molar refractivity (Wildman–Crippen MR) is 104 cm³/mol. The van der Waals surface area contributed by atoms with Crippen LogP contribution in [0.4, 0.5) is 5.13 Å². The number of nitrogens with one attached hydrogen (secondary N) is 1. The molecular formula is C15H21ClN4S3. The van der Waals surface area contributed by atoms with Crippen LogP contribution in [0.15, 0.2) is 24.8 Å². The molecule has 0 aliphatic heterocycles. The molecule has 0 aromatic carbocycles. The second-order valence-corrected chi connectivity index (χ2v) is 9.62. The van der Waals surface area contributed by atoms with E-state index in [9.17, 15) is 0 Å². The Balaban J connectivity index is 2.10. The second kappa shape index (κ2) is 7.90. The highest BCUT2D eigenvalue weighted by Crippen LogP contribution is 2.23. The number of halogens is 1. The Bertz CT molecular complexity index is 711. The van der Waals surface area contributed by atoms with E-state index in [0.717, 1.165) is 26.5 Å². The van der Waals surface area contributed by atoms with Crippen LogP contribution < -0.4 is 5.32 Å². The lowest BCUT2D eigenvalue weighted by molar-refractivity contribution is 0.222. The summed E-state index contributed by atoms with van der Waals surface area (Å²) in [7, 11) is 0. The van der Waals surface area contributed by atoms with Crippen LogP contribution in [0.2, 0.25) is 4.34 Å². The molecule has 0 bridgehead atoms. The van der Waals surface area contributed by atoms with Gasteiger partial charge in [-0.15, -0.1) is 23.0 Å². The van der Waals surface area contributed by atoms with Crippen molar-refractivity contribution in [3.8, 4) is 0 Å². The summed E-state index contributed by atoms with van der Waals surface area (Å²) in [6.45, 7) is 12.3. The molecule has 2 aromatic heterocycles. The van der Waals surface area contributed by atoms with Gasteiger partial charge in [0.2, 0.25) is 5.13 Å². The maximum absolute atomic E-state index is 6.01. The van der Waals surface area contributed by atoms with Gasteiger partial charge in [0.1, 0.15) is 0 Å². The Labute approximate surface area is 155 Å². The molecule has 0 radical (unpaired) electrons. The molecule has 2 rings (SSSR count). The van der Waals surface area contributed by atoms with Gasteiger partial charge < -0.3 is 5.32 Å². The molecule has 8 heteroatoms. The zero-order valence-electron chi connectivity index (χ0n) is 13.5. The molecule has 0 spiro atoms. The first-order chi connectivity index (χ1) is 10.8. The summed E-state index contributed by atoms with van der Waals surface area (Å²) < 4.78 is 3.42. The number of nitrogens with zero attached hydrogens (tertiary/aromatic N) is 3. The summed E-state index contributed by atoms with van der Waals surface area (Å²) in [6, 6.07) is 3.98. The number of hydrogen-bond donors (Lipinski definition) is 1. The van der Waals surface area contributed by atoms with Crippen LogP contribution in [0, 0.1) is 3.95 Å². The van der Waals surface area contributed by atoms with E-state index in [1.165, 1.54) is 16.2 Å². The van der Waals surface area contributed by atoms with E-state index in [1.54, 1.807) is 11.3 Å². The van der Waals surface area contributed by atoms with Gasteiger partial charge in [-0.25, -0.2) is 4.68 Å². The first-order valence-corrected chi connectivity index (χ1v) is 9.62. The van der Waals surface area contributed by atoms with E-state index in [0.29, 0.717) is 6.67 Å². The Morgan fingerprint density at radius 3 is 2.74 bits per heavy atom. The van der Waals surface area contributed by atoms with Crippen molar-refractivity contribution >= 4 is 51.6 Å². The van der Waals surface area contributed by atoms with E-state index >= 15 is 0 Å². The lowest BCUT2D eigenvalue weighted by atomic mass is 10.1. The summed E-state index contributed by atoms with van der Waals surface area (Å²) in [5.74, 6) is 0. The van der Waals surface area contributed by atoms with Crippen molar-refractivity contribution in [1.29, 1.82) is 0 Å². The Kier molecular flexibility index (Phi) is 6.39. The highest BCUT2D eigenvalue weighted by molar-refractivity contribution is 7.73. The molecule has 0 aliphatic carbocycles. The van der Waals surface area contributed by atoms with Crippen LogP contribution in [0.3, 0.4) is 0 Å². The minimum absolute atomic E-state index is 0.0357. The minimum atomic E-state index is -0.0357. The molecule has 2 heterocycles. The standard InChI is InChI=1S/C15H21ClN4S3/c1-5-8-19(9-11-6-7-12(16)22-11)10-20-14(21)23-13(18-20)17-15(2,3)4/h5-7H,1,8-10H2,2-4H3,(H,17,18). The largest absolute Gasteiger partial charge is 0.356 e. The normalized spacial score (nSPS) is 11.9. The van der Waals surface area contributed by atoms with Gasteiger partial charge in [0.15, 0.2) is 3.95 Å². The van der Waals surface area contributed by atoms with Crippen LogP contribution in [0.1, 0.15) is 25.6 Å². The van der Waals surface area contributed by atoms with Gasteiger partial charge in [0, 0.05) is 23.5 Å². The number of anilines is 1. The van der Waals surface area contributed by atoms with Gasteiger partial charge in [0.25, 0.3) is 0 Å². The van der Waals surface area contributed by atoms with Crippen LogP contribution in [-0.2, 0) is 13.2 Å². The SMILES string of the molecule is C=CCN(Cc1ccc(Cl)s1)Cn1nc(NC(C)(C)C)sc1=S. The molecule has 0 saturated heterocycles. The van der Waals surface area contributed by atoms with Crippen molar-refractivity contribution in [1.82, 2.24) is 14.7 Å². The fourth-order valence-corrected chi connectivity index (χ4v) is 4.30. The summed E-state index contributed by atoms with van der Waals surface area (Å²) in [5.41, 5.74) is -0.0357. The summed E-state index contributed by atoms with van der Waals surface area (Å²) in [4.78, 5) is 3.44. The van der Waals surface area contributed by atoms with E-state index < -0.39 is 0 Å². The maximum atomic E-state index is 6.01. The lowest BCUT2D eigenvalue weighted by Gasteiger charge is -2.20. The Morgan fingerprint density at radius 1 is 1.43 bits per heavy atom. The smallest absolute Gasteiger partial charge is 0.205 e. The molecular weight excluding hydrogens is 368 g/mol. The van der Waals surface area contributed by atoms with Crippen LogP contribution >= 0.6 is 46.5 Å². The third kappa shape index (κ3) is 6.00. The molecule has 2 aromatic rings. The highest BCUT2D eigenvalue weighted by Gasteiger charge is 2.14. The van der Waals surface area contributed by atoms with Crippen molar-refractivity contribution in [3.05, 3.63) is 38.0 Å². The number of aromatic nitrogens is 2. The highest BCUT2D eigenvalue weighted by atomic mass is 35.5.